The summed E-state index contributed by atoms with van der Waals surface area (Å²) in [5.74, 6) is 2.31. The minimum Gasteiger partial charge on any atom is -0.469 e. The van der Waals surface area contributed by atoms with Crippen LogP contribution in [-0.4, -0.2) is 53.4 Å². The largest absolute Gasteiger partial charge is 0.469 e. The van der Waals surface area contributed by atoms with Crippen LogP contribution in [0.4, 0.5) is 0 Å². The van der Waals surface area contributed by atoms with Crippen LogP contribution in [0.1, 0.15) is 400 Å². The van der Waals surface area contributed by atoms with E-state index in [4.69, 9.17) is 13.3 Å². The number of hydrogen-bond donors (Lipinski definition) is 0. The molecule has 14 nitrogen and oxygen atoms in total. The van der Waals surface area contributed by atoms with Crippen molar-refractivity contribution in [3.63, 3.8) is 0 Å². The number of pyridine rings is 1. The van der Waals surface area contributed by atoms with Crippen molar-refractivity contribution >= 4 is 77.0 Å². The normalized spacial score (nSPS) is 10.9. The second-order valence-electron chi connectivity index (χ2n) is 22.1. The number of aromatic nitrogens is 11. The molecule has 0 atom stereocenters. The number of benzene rings is 1. The molecule has 1 aliphatic heterocycles. The topological polar surface area (TPSA) is 149 Å². The van der Waals surface area contributed by atoms with E-state index in [1.54, 1.807) is 68.2 Å². The van der Waals surface area contributed by atoms with Crippen LogP contribution in [0.3, 0.4) is 0 Å². The van der Waals surface area contributed by atoms with E-state index in [9.17, 15) is 0 Å². The van der Waals surface area contributed by atoms with Gasteiger partial charge in [0.05, 0.1) is 46.2 Å². The summed E-state index contributed by atoms with van der Waals surface area (Å²) in [6.45, 7) is 81.1. The maximum Gasteiger partial charge on any atom is 0.198 e. The second-order valence-corrected chi connectivity index (χ2v) is 26.0. The lowest BCUT2D eigenvalue weighted by molar-refractivity contribution is 0.486. The number of para-hydroxylation sites is 1. The molecule has 7 aliphatic rings. The van der Waals surface area contributed by atoms with Gasteiger partial charge in [-0.15, -0.1) is 45.3 Å². The number of aryl methyl sites for hydroxylation is 15. The van der Waals surface area contributed by atoms with E-state index in [-0.39, 0.29) is 0 Å². The highest BCUT2D eigenvalue weighted by Gasteiger charge is 2.17. The highest BCUT2D eigenvalue weighted by atomic mass is 32.2. The molecule has 0 amide bonds. The van der Waals surface area contributed by atoms with Crippen LogP contribution in [0.25, 0.3) is 31.7 Å². The van der Waals surface area contributed by atoms with E-state index >= 15 is 0 Å². The fourth-order valence-electron chi connectivity index (χ4n) is 11.7. The molecule has 0 bridgehead atoms. The zero-order valence-corrected chi connectivity index (χ0v) is 93.0. The van der Waals surface area contributed by atoms with Crippen molar-refractivity contribution in [3.8, 4) is 0 Å². The molecule has 12 aromatic heterocycles. The van der Waals surface area contributed by atoms with Gasteiger partial charge in [-0.2, -0.15) is 10.1 Å². The summed E-state index contributed by atoms with van der Waals surface area (Å²) in [5, 5.41) is 9.75. The smallest absolute Gasteiger partial charge is 0.198 e. The standard InChI is InChI=1S/C9H9N.C8H11N.2C7H10N2.C7H8O.C7H8S.C6H4N2O.C6H7NO.C6H7NS.C5H3NS2.20C2H6/c1-10-7-6-8-4-2-3-5-9(8)10;1-9-6-5-7-3-2-4-8(7)9;1-9-5-8-6-3-2-4-7(6)9;1-2-6-9-7(3-1)4-5-8-9;2*1-2-6-4-5-8-7(6)3-1;1-2-5-6(7-3-1)8-4-9-5;2*1-2-5-6(3-1)8-4-7-5;1-2-7-5-4(1)6-3-8-5;20*1-2/h2-7H,1H3;5-6H,2-4H2,1H3;5H,2-4H2,1H3;4-5H,1-3,6H2;2*4-5H,1-3H2;1-4H;2*4H,1-3H2;1-3H;20*1-2H3. The Morgan fingerprint density at radius 2 is 0.841 bits per heavy atom. The molecule has 0 fully saturated rings. The summed E-state index contributed by atoms with van der Waals surface area (Å²) in [7, 11) is 6.25. The number of hydrogen-bond acceptors (Lipinski definition) is 14. The highest BCUT2D eigenvalue weighted by molar-refractivity contribution is 7.36. The number of furan rings is 1. The van der Waals surface area contributed by atoms with Crippen molar-refractivity contribution in [1.29, 1.82) is 0 Å². The molecule has 20 rings (SSSR count). The molecule has 13 aromatic rings. The van der Waals surface area contributed by atoms with Gasteiger partial charge in [0.1, 0.15) is 15.5 Å². The Morgan fingerprint density at radius 3 is 1.42 bits per heavy atom. The quantitative estimate of drug-likeness (QED) is 0.144. The van der Waals surface area contributed by atoms with Crippen LogP contribution in [0, 0.1) is 0 Å². The van der Waals surface area contributed by atoms with E-state index in [1.165, 1.54) is 188 Å². The van der Waals surface area contributed by atoms with Gasteiger partial charge in [-0.05, 0) is 209 Å². The van der Waals surface area contributed by atoms with Gasteiger partial charge in [0.25, 0.3) is 0 Å². The number of nitrogens with zero attached hydrogens (tertiary/aromatic N) is 11. The van der Waals surface area contributed by atoms with Crippen LogP contribution in [0.2, 0.25) is 0 Å². The van der Waals surface area contributed by atoms with Crippen molar-refractivity contribution in [1.82, 2.24) is 53.4 Å². The third-order valence-electron chi connectivity index (χ3n) is 16.3. The highest BCUT2D eigenvalue weighted by Crippen LogP contribution is 2.28. The van der Waals surface area contributed by atoms with E-state index in [2.05, 4.69) is 152 Å². The first kappa shape index (κ1) is 139. The van der Waals surface area contributed by atoms with Gasteiger partial charge in [-0.3, -0.25) is 4.68 Å². The molecule has 0 N–H and O–H groups in total. The Bertz CT molecular complexity index is 3700. The first-order valence-electron chi connectivity index (χ1n) is 50.4. The Morgan fingerprint density at radius 1 is 0.317 bits per heavy atom. The summed E-state index contributed by atoms with van der Waals surface area (Å²) < 4.78 is 25.1. The number of thiazole rings is 2. The third kappa shape index (κ3) is 57.4. The molecule has 0 radical (unpaired) electrons. The monoisotopic (exact) mass is 1820 g/mol. The van der Waals surface area contributed by atoms with E-state index < -0.39 is 0 Å². The molecule has 6 aliphatic carbocycles. The lowest BCUT2D eigenvalue weighted by atomic mass is 10.1. The van der Waals surface area contributed by atoms with Crippen LogP contribution in [-0.2, 0) is 111 Å². The average molecular weight is 1830 g/mol. The van der Waals surface area contributed by atoms with Crippen molar-refractivity contribution in [2.75, 3.05) is 0 Å². The van der Waals surface area contributed by atoms with Crippen LogP contribution in [0.5, 0.6) is 0 Å². The molecule has 13 heterocycles. The summed E-state index contributed by atoms with van der Waals surface area (Å²) in [4.78, 5) is 27.5. The molecule has 0 saturated heterocycles. The molecular formula is C108H197N11O3S4. The molecule has 18 heteroatoms. The Kier molecular flexibility index (Phi) is 119. The van der Waals surface area contributed by atoms with Gasteiger partial charge in [-0.25, -0.2) is 24.9 Å². The Balaban J connectivity index is -0.000000142. The van der Waals surface area contributed by atoms with Gasteiger partial charge < -0.3 is 27.0 Å². The average Bonchev–Trinajstić information content (AvgIpc) is 1.69. The van der Waals surface area contributed by atoms with Gasteiger partial charge in [0, 0.05) is 97.7 Å². The van der Waals surface area contributed by atoms with Crippen LogP contribution in [0.15, 0.2) is 158 Å². The van der Waals surface area contributed by atoms with Crippen LogP contribution < -0.4 is 0 Å². The summed E-state index contributed by atoms with van der Waals surface area (Å²) in [6, 6.07) is 24.8. The fourth-order valence-corrected chi connectivity index (χ4v) is 15.1. The van der Waals surface area contributed by atoms with Crippen LogP contribution >= 0.6 is 45.3 Å². The summed E-state index contributed by atoms with van der Waals surface area (Å²) in [5.41, 5.74) is 20.5. The van der Waals surface area contributed by atoms with Gasteiger partial charge >= 0.3 is 0 Å². The first-order chi connectivity index (χ1) is 62.4. The predicted octanol–water partition coefficient (Wildman–Crippen LogP) is 36.7. The third-order valence-corrected chi connectivity index (χ3v) is 20.2. The maximum absolute atomic E-state index is 5.18. The lowest BCUT2D eigenvalue weighted by Gasteiger charge is -2.11. The van der Waals surface area contributed by atoms with Crippen molar-refractivity contribution < 1.29 is 13.3 Å². The lowest BCUT2D eigenvalue weighted by Crippen LogP contribution is -2.10. The van der Waals surface area contributed by atoms with E-state index in [1.807, 2.05) is 330 Å². The zero-order chi connectivity index (χ0) is 98.7. The molecule has 0 spiro atoms. The number of fused-ring (bicyclic) bond motifs is 10. The number of imidazole rings is 1. The summed E-state index contributed by atoms with van der Waals surface area (Å²) >= 11 is 7.16. The summed E-state index contributed by atoms with van der Waals surface area (Å²) in [6.07, 6.45) is 40.9. The minimum atomic E-state index is 0.664. The molecular weight excluding hydrogens is 1630 g/mol. The minimum absolute atomic E-state index is 0.664. The van der Waals surface area contributed by atoms with Gasteiger partial charge in [0.2, 0.25) is 0 Å². The number of oxazole rings is 2. The van der Waals surface area contributed by atoms with E-state index in [0.29, 0.717) is 5.65 Å². The van der Waals surface area contributed by atoms with E-state index in [0.717, 1.165) is 42.7 Å². The SMILES string of the molecule is CC.CC.CC.CC.CC.CC.CC.CC.CC.CC.CC.CC.CC.CC.CC.CC.CC.CC.CC.CC.Cn1ccc2c1CCC2.Cn1ccc2ccccc21.Cn1cnc2c1CCC2.c1cc2c(o1)CCC2.c1cc2c(s1)CCC2.c1cc2n(n1)CCCC2.c1cc2ncsc2s1.c1cnc2ncoc2c1.c1nc2c(o1)CCC2.c1nc2c(s1)CCC2. The molecule has 1 aromatic carbocycles. The molecule has 126 heavy (non-hydrogen) atoms. The van der Waals surface area contributed by atoms with Crippen molar-refractivity contribution in [2.45, 2.75) is 418 Å². The molecule has 726 valence electrons. The molecule has 0 saturated carbocycles. The Hall–Kier alpha value is -7.51. The fraction of sp³-hybridized carbons (Fsp3) is 0.602. The number of thiophene rings is 2. The first-order valence-corrected chi connectivity index (χ1v) is 53.9. The maximum atomic E-state index is 5.18. The van der Waals surface area contributed by atoms with Gasteiger partial charge in [0.15, 0.2) is 24.0 Å². The second kappa shape index (κ2) is 108. The zero-order valence-electron chi connectivity index (χ0n) is 89.7. The van der Waals surface area contributed by atoms with Gasteiger partial charge in [-0.1, -0.05) is 295 Å². The van der Waals surface area contributed by atoms with Crippen molar-refractivity contribution in [3.05, 3.63) is 217 Å². The predicted molar refractivity (Wildman–Crippen MR) is 577 cm³/mol. The molecule has 0 unspecified atom stereocenters. The number of rotatable bonds is 0. The van der Waals surface area contributed by atoms with Crippen molar-refractivity contribution in [2.24, 2.45) is 21.1 Å². The Labute approximate surface area is 794 Å².